The van der Waals surface area contributed by atoms with Crippen molar-refractivity contribution >= 4 is 17.5 Å². The summed E-state index contributed by atoms with van der Waals surface area (Å²) in [6.07, 6.45) is 5.16. The van der Waals surface area contributed by atoms with Gasteiger partial charge in [-0.2, -0.15) is 0 Å². The van der Waals surface area contributed by atoms with E-state index in [-0.39, 0.29) is 11.9 Å². The summed E-state index contributed by atoms with van der Waals surface area (Å²) in [4.78, 5) is 11.6. The Morgan fingerprint density at radius 1 is 1.53 bits per heavy atom. The molecule has 0 saturated carbocycles. The topological polar surface area (TPSA) is 29.1 Å². The van der Waals surface area contributed by atoms with Crippen LogP contribution in [0.3, 0.4) is 0 Å². The van der Waals surface area contributed by atoms with Crippen LogP contribution in [-0.2, 0) is 5.88 Å². The molecule has 78 valence electrons. The molecular formula is C12H12ClNO. The molecular weight excluding hydrogens is 210 g/mol. The van der Waals surface area contributed by atoms with E-state index in [4.69, 9.17) is 18.0 Å². The Hall–Kier alpha value is -1.46. The molecule has 0 aliphatic rings. The number of carbonyl (C=O) groups excluding carboxylic acids is 1. The van der Waals surface area contributed by atoms with E-state index in [0.717, 1.165) is 5.56 Å². The van der Waals surface area contributed by atoms with E-state index in [0.29, 0.717) is 11.4 Å². The summed E-state index contributed by atoms with van der Waals surface area (Å²) in [7, 11) is 0. The molecule has 0 aromatic heterocycles. The van der Waals surface area contributed by atoms with E-state index in [9.17, 15) is 4.79 Å². The fourth-order valence-electron chi connectivity index (χ4n) is 1.07. The van der Waals surface area contributed by atoms with E-state index in [1.807, 2.05) is 12.1 Å². The highest BCUT2D eigenvalue weighted by Crippen LogP contribution is 2.06. The van der Waals surface area contributed by atoms with Crippen molar-refractivity contribution in [1.29, 1.82) is 0 Å². The van der Waals surface area contributed by atoms with Gasteiger partial charge in [0.15, 0.2) is 0 Å². The molecule has 0 saturated heterocycles. The molecule has 15 heavy (non-hydrogen) atoms. The minimum absolute atomic E-state index is 0.165. The minimum Gasteiger partial charge on any atom is -0.339 e. The monoisotopic (exact) mass is 221 g/mol. The summed E-state index contributed by atoms with van der Waals surface area (Å²) < 4.78 is 0. The van der Waals surface area contributed by atoms with Gasteiger partial charge in [-0.15, -0.1) is 18.0 Å². The Bertz CT molecular complexity index is 378. The van der Waals surface area contributed by atoms with Gasteiger partial charge in [-0.25, -0.2) is 0 Å². The average molecular weight is 222 g/mol. The maximum absolute atomic E-state index is 11.6. The van der Waals surface area contributed by atoms with Gasteiger partial charge in [-0.3, -0.25) is 4.79 Å². The lowest BCUT2D eigenvalue weighted by Crippen LogP contribution is -2.31. The van der Waals surface area contributed by atoms with Crippen LogP contribution in [-0.4, -0.2) is 11.9 Å². The van der Waals surface area contributed by atoms with Crippen LogP contribution in [0.1, 0.15) is 22.8 Å². The number of hydrogen-bond donors (Lipinski definition) is 1. The first kappa shape index (κ1) is 11.6. The second-order valence-electron chi connectivity index (χ2n) is 3.19. The van der Waals surface area contributed by atoms with Crippen LogP contribution in [0.2, 0.25) is 0 Å². The van der Waals surface area contributed by atoms with E-state index in [1.165, 1.54) is 0 Å². The Labute approximate surface area is 94.6 Å². The van der Waals surface area contributed by atoms with E-state index in [1.54, 1.807) is 19.1 Å². The molecule has 1 N–H and O–H groups in total. The molecule has 1 aromatic carbocycles. The SMILES string of the molecule is C#CC(C)NC(=O)c1ccc(CCl)cc1. The van der Waals surface area contributed by atoms with Gasteiger partial charge in [0.25, 0.3) is 5.91 Å². The molecule has 1 unspecified atom stereocenters. The minimum atomic E-state index is -0.259. The Morgan fingerprint density at radius 2 is 2.13 bits per heavy atom. The largest absolute Gasteiger partial charge is 0.339 e. The molecule has 0 spiro atoms. The van der Waals surface area contributed by atoms with Crippen molar-refractivity contribution in [3.63, 3.8) is 0 Å². The maximum atomic E-state index is 11.6. The van der Waals surface area contributed by atoms with Crippen LogP contribution < -0.4 is 5.32 Å². The lowest BCUT2D eigenvalue weighted by Gasteiger charge is -2.07. The zero-order chi connectivity index (χ0) is 11.3. The molecule has 3 heteroatoms. The van der Waals surface area contributed by atoms with E-state index < -0.39 is 0 Å². The fraction of sp³-hybridized carbons (Fsp3) is 0.250. The molecule has 0 aliphatic heterocycles. The van der Waals surface area contributed by atoms with Crippen molar-refractivity contribution in [2.75, 3.05) is 0 Å². The first-order valence-electron chi connectivity index (χ1n) is 4.59. The molecule has 1 aromatic rings. The van der Waals surface area contributed by atoms with Crippen molar-refractivity contribution in [3.8, 4) is 12.3 Å². The van der Waals surface area contributed by atoms with Crippen molar-refractivity contribution in [2.24, 2.45) is 0 Å². The zero-order valence-corrected chi connectivity index (χ0v) is 9.21. The lowest BCUT2D eigenvalue weighted by molar-refractivity contribution is 0.0948. The number of alkyl halides is 1. The van der Waals surface area contributed by atoms with E-state index >= 15 is 0 Å². The number of terminal acetylenes is 1. The number of nitrogens with one attached hydrogen (secondary N) is 1. The van der Waals surface area contributed by atoms with Gasteiger partial charge in [0.1, 0.15) is 0 Å². The molecule has 1 rings (SSSR count). The first-order chi connectivity index (χ1) is 7.17. The standard InChI is InChI=1S/C12H12ClNO/c1-3-9(2)14-12(15)11-6-4-10(8-13)5-7-11/h1,4-7,9H,8H2,2H3,(H,14,15). The number of rotatable bonds is 3. The van der Waals surface area contributed by atoms with Gasteiger partial charge in [-0.05, 0) is 24.6 Å². The molecule has 1 atom stereocenters. The number of halogens is 1. The third-order valence-electron chi connectivity index (χ3n) is 1.97. The Kier molecular flexibility index (Phi) is 4.20. The molecule has 0 bridgehead atoms. The fourth-order valence-corrected chi connectivity index (χ4v) is 1.25. The van der Waals surface area contributed by atoms with Crippen LogP contribution in [0.5, 0.6) is 0 Å². The van der Waals surface area contributed by atoms with Crippen molar-refractivity contribution < 1.29 is 4.79 Å². The van der Waals surface area contributed by atoms with Crippen LogP contribution >= 0.6 is 11.6 Å². The molecule has 0 radical (unpaired) electrons. The van der Waals surface area contributed by atoms with E-state index in [2.05, 4.69) is 11.2 Å². The van der Waals surface area contributed by atoms with Crippen LogP contribution in [0.25, 0.3) is 0 Å². The maximum Gasteiger partial charge on any atom is 0.252 e. The van der Waals surface area contributed by atoms with Crippen molar-refractivity contribution in [3.05, 3.63) is 35.4 Å². The first-order valence-corrected chi connectivity index (χ1v) is 5.12. The van der Waals surface area contributed by atoms with Gasteiger partial charge >= 0.3 is 0 Å². The smallest absolute Gasteiger partial charge is 0.252 e. The highest BCUT2D eigenvalue weighted by Gasteiger charge is 2.06. The predicted octanol–water partition coefficient (Wildman–Crippen LogP) is 2.18. The highest BCUT2D eigenvalue weighted by molar-refractivity contribution is 6.17. The lowest BCUT2D eigenvalue weighted by atomic mass is 10.1. The van der Waals surface area contributed by atoms with Gasteiger partial charge in [0.05, 0.1) is 6.04 Å². The summed E-state index contributed by atoms with van der Waals surface area (Å²) in [6, 6.07) is 6.85. The highest BCUT2D eigenvalue weighted by atomic mass is 35.5. The molecule has 0 aliphatic carbocycles. The van der Waals surface area contributed by atoms with Crippen LogP contribution in [0.15, 0.2) is 24.3 Å². The van der Waals surface area contributed by atoms with Gasteiger partial charge < -0.3 is 5.32 Å². The van der Waals surface area contributed by atoms with Gasteiger partial charge in [-0.1, -0.05) is 18.1 Å². The van der Waals surface area contributed by atoms with Gasteiger partial charge in [0.2, 0.25) is 0 Å². The third kappa shape index (κ3) is 3.30. The number of carbonyl (C=O) groups is 1. The second kappa shape index (κ2) is 5.43. The average Bonchev–Trinajstić information content (AvgIpc) is 2.29. The van der Waals surface area contributed by atoms with Crippen molar-refractivity contribution in [2.45, 2.75) is 18.8 Å². The van der Waals surface area contributed by atoms with Crippen LogP contribution in [0.4, 0.5) is 0 Å². The van der Waals surface area contributed by atoms with Gasteiger partial charge in [0, 0.05) is 11.4 Å². The van der Waals surface area contributed by atoms with Crippen molar-refractivity contribution in [1.82, 2.24) is 5.32 Å². The second-order valence-corrected chi connectivity index (χ2v) is 3.46. The molecule has 0 heterocycles. The summed E-state index contributed by atoms with van der Waals surface area (Å²) in [5.74, 6) is 2.72. The number of benzene rings is 1. The summed E-state index contributed by atoms with van der Waals surface area (Å²) in [5, 5.41) is 2.68. The predicted molar refractivity (Wildman–Crippen MR) is 61.8 cm³/mol. The normalized spacial score (nSPS) is 11.5. The Balaban J connectivity index is 2.71. The molecule has 2 nitrogen and oxygen atoms in total. The molecule has 1 amide bonds. The summed E-state index contributed by atoms with van der Waals surface area (Å²) in [6.45, 7) is 1.75. The number of hydrogen-bond acceptors (Lipinski definition) is 1. The summed E-state index contributed by atoms with van der Waals surface area (Å²) >= 11 is 5.64. The van der Waals surface area contributed by atoms with Crippen LogP contribution in [0, 0.1) is 12.3 Å². The summed E-state index contributed by atoms with van der Waals surface area (Å²) in [5.41, 5.74) is 1.57. The third-order valence-corrected chi connectivity index (χ3v) is 2.28. The molecule has 0 fully saturated rings. The zero-order valence-electron chi connectivity index (χ0n) is 8.46. The quantitative estimate of drug-likeness (QED) is 0.615. The Morgan fingerprint density at radius 3 is 2.60 bits per heavy atom. The number of amides is 1.